The molecule has 1 saturated heterocycles. The molecule has 4 aliphatic rings. The molecule has 0 spiro atoms. The molecular formula is C19H15F3N4O. The molecule has 5 nitrogen and oxygen atoms in total. The molecule has 3 saturated carbocycles. The van der Waals surface area contributed by atoms with Crippen LogP contribution in [0.1, 0.15) is 19.3 Å². The minimum absolute atomic E-state index is 0.0605. The number of alkyl halides is 3. The van der Waals surface area contributed by atoms with Crippen molar-refractivity contribution in [3.05, 3.63) is 36.7 Å². The molecule has 0 N–H and O–H groups in total. The zero-order valence-electron chi connectivity index (χ0n) is 14.2. The Morgan fingerprint density at radius 3 is 2.56 bits per heavy atom. The van der Waals surface area contributed by atoms with Crippen LogP contribution in [0.3, 0.4) is 0 Å². The van der Waals surface area contributed by atoms with Crippen LogP contribution in [-0.2, 0) is 0 Å². The van der Waals surface area contributed by atoms with Gasteiger partial charge in [-0.25, -0.2) is 4.79 Å². The van der Waals surface area contributed by atoms with E-state index in [1.807, 2.05) is 24.3 Å². The number of carbonyl (C=O) groups is 1. The van der Waals surface area contributed by atoms with Crippen molar-refractivity contribution in [2.24, 2.45) is 5.41 Å². The first-order valence-electron chi connectivity index (χ1n) is 8.70. The van der Waals surface area contributed by atoms with Crippen LogP contribution in [-0.4, -0.2) is 40.2 Å². The fourth-order valence-corrected chi connectivity index (χ4v) is 4.98. The SMILES string of the molecule is N#C[C@@H]1CN(C23CC(C(F)(F)F)(C2)C3)C(=O)N1c1cncc2ccccc12. The lowest BCUT2D eigenvalue weighted by Crippen LogP contribution is -2.79. The number of hydrogen-bond donors (Lipinski definition) is 0. The first kappa shape index (κ1) is 16.4. The molecule has 4 fully saturated rings. The van der Waals surface area contributed by atoms with Gasteiger partial charge in [0.15, 0.2) is 0 Å². The number of fused-ring (bicyclic) bond motifs is 1. The number of nitriles is 1. The fraction of sp³-hybridized carbons (Fsp3) is 0.421. The van der Waals surface area contributed by atoms with Crippen molar-refractivity contribution < 1.29 is 18.0 Å². The zero-order chi connectivity index (χ0) is 19.0. The lowest BCUT2D eigenvalue weighted by atomic mass is 9.38. The first-order valence-corrected chi connectivity index (χ1v) is 8.70. The minimum atomic E-state index is -4.23. The molecule has 2 bridgehead atoms. The van der Waals surface area contributed by atoms with Crippen molar-refractivity contribution in [3.63, 3.8) is 0 Å². The highest BCUT2D eigenvalue weighted by molar-refractivity contribution is 6.05. The smallest absolute Gasteiger partial charge is 0.315 e. The Morgan fingerprint density at radius 2 is 1.89 bits per heavy atom. The summed E-state index contributed by atoms with van der Waals surface area (Å²) in [7, 11) is 0. The first-order chi connectivity index (χ1) is 12.8. The Kier molecular flexibility index (Phi) is 2.98. The predicted octanol–water partition coefficient (Wildman–Crippen LogP) is 3.85. The van der Waals surface area contributed by atoms with E-state index >= 15 is 0 Å². The quantitative estimate of drug-likeness (QED) is 0.804. The standard InChI is InChI=1S/C19H15F3N4O/c20-19(21,22)17-9-18(10-17,11-17)25-8-13(5-23)26(16(25)27)15-7-24-6-12-3-1-2-4-14(12)15/h1-4,6-7,13H,8-11H2/t13-,17?,18?/m1/s1. The van der Waals surface area contributed by atoms with Crippen LogP contribution < -0.4 is 4.90 Å². The number of nitrogens with zero attached hydrogens (tertiary/aromatic N) is 4. The van der Waals surface area contributed by atoms with E-state index in [0.29, 0.717) is 5.69 Å². The van der Waals surface area contributed by atoms with Gasteiger partial charge in [0.2, 0.25) is 0 Å². The van der Waals surface area contributed by atoms with Crippen LogP contribution in [0.4, 0.5) is 23.7 Å². The summed E-state index contributed by atoms with van der Waals surface area (Å²) in [6.45, 7) is 0.118. The molecule has 2 amide bonds. The largest absolute Gasteiger partial charge is 0.394 e. The van der Waals surface area contributed by atoms with Crippen LogP contribution in [0.2, 0.25) is 0 Å². The maximum atomic E-state index is 13.2. The van der Waals surface area contributed by atoms with Gasteiger partial charge in [0.25, 0.3) is 0 Å². The van der Waals surface area contributed by atoms with Crippen molar-refractivity contribution in [1.29, 1.82) is 5.26 Å². The molecule has 1 atom stereocenters. The molecule has 0 unspecified atom stereocenters. The van der Waals surface area contributed by atoms with Crippen LogP contribution >= 0.6 is 0 Å². The summed E-state index contributed by atoms with van der Waals surface area (Å²) in [5, 5.41) is 11.2. The van der Waals surface area contributed by atoms with Gasteiger partial charge in [0.1, 0.15) is 6.04 Å². The second-order valence-electron chi connectivity index (χ2n) is 7.82. The number of hydrogen-bond acceptors (Lipinski definition) is 3. The van der Waals surface area contributed by atoms with E-state index in [9.17, 15) is 23.2 Å². The average molecular weight is 372 g/mol. The number of anilines is 1. The molecule has 1 aliphatic heterocycles. The van der Waals surface area contributed by atoms with Gasteiger partial charge in [-0.1, -0.05) is 24.3 Å². The van der Waals surface area contributed by atoms with Crippen molar-refractivity contribution in [3.8, 4) is 6.07 Å². The number of rotatable bonds is 2. The van der Waals surface area contributed by atoms with E-state index in [-0.39, 0.29) is 25.8 Å². The van der Waals surface area contributed by atoms with Crippen LogP contribution in [0.5, 0.6) is 0 Å². The lowest BCUT2D eigenvalue weighted by molar-refractivity contribution is -0.354. The maximum Gasteiger partial charge on any atom is 0.394 e. The summed E-state index contributed by atoms with van der Waals surface area (Å²) >= 11 is 0. The zero-order valence-corrected chi connectivity index (χ0v) is 14.2. The Labute approximate surface area is 153 Å². The topological polar surface area (TPSA) is 60.2 Å². The molecule has 1 aromatic carbocycles. The predicted molar refractivity (Wildman–Crippen MR) is 90.8 cm³/mol. The summed E-state index contributed by atoms with van der Waals surface area (Å²) in [5.41, 5.74) is -1.87. The highest BCUT2D eigenvalue weighted by atomic mass is 19.4. The third-order valence-corrected chi connectivity index (χ3v) is 6.34. The number of aromatic nitrogens is 1. The summed E-state index contributed by atoms with van der Waals surface area (Å²) < 4.78 is 39.5. The number of halogens is 3. The Hall–Kier alpha value is -2.82. The summed E-state index contributed by atoms with van der Waals surface area (Å²) in [5.74, 6) is 0. The minimum Gasteiger partial charge on any atom is -0.315 e. The van der Waals surface area contributed by atoms with E-state index < -0.39 is 29.2 Å². The Morgan fingerprint density at radius 1 is 1.19 bits per heavy atom. The van der Waals surface area contributed by atoms with Gasteiger partial charge in [-0.3, -0.25) is 9.88 Å². The van der Waals surface area contributed by atoms with Crippen molar-refractivity contribution in [2.45, 2.75) is 37.0 Å². The molecule has 2 heterocycles. The van der Waals surface area contributed by atoms with Crippen LogP contribution in [0.25, 0.3) is 10.8 Å². The molecule has 3 aliphatic carbocycles. The van der Waals surface area contributed by atoms with Crippen molar-refractivity contribution >= 4 is 22.5 Å². The summed E-state index contributed by atoms with van der Waals surface area (Å²) in [6.07, 6.45) is -1.20. The maximum absolute atomic E-state index is 13.2. The molecule has 138 valence electrons. The fourth-order valence-electron chi connectivity index (χ4n) is 4.98. The van der Waals surface area contributed by atoms with Crippen LogP contribution in [0, 0.1) is 16.7 Å². The summed E-state index contributed by atoms with van der Waals surface area (Å²) in [6, 6.07) is 8.36. The Balaban J connectivity index is 1.49. The van der Waals surface area contributed by atoms with Crippen LogP contribution in [0.15, 0.2) is 36.7 Å². The molecule has 2 aromatic rings. The molecule has 6 rings (SSSR count). The van der Waals surface area contributed by atoms with E-state index in [0.717, 1.165) is 10.8 Å². The highest BCUT2D eigenvalue weighted by Crippen LogP contribution is 2.75. The van der Waals surface area contributed by atoms with Gasteiger partial charge in [0.05, 0.1) is 29.9 Å². The third kappa shape index (κ3) is 1.94. The van der Waals surface area contributed by atoms with Crippen molar-refractivity contribution in [2.75, 3.05) is 11.4 Å². The Bertz CT molecular complexity index is 987. The lowest BCUT2D eigenvalue weighted by Gasteiger charge is -2.72. The van der Waals surface area contributed by atoms with E-state index in [2.05, 4.69) is 11.1 Å². The van der Waals surface area contributed by atoms with Gasteiger partial charge in [0, 0.05) is 22.5 Å². The van der Waals surface area contributed by atoms with Gasteiger partial charge in [-0.2, -0.15) is 18.4 Å². The number of benzene rings is 1. The van der Waals surface area contributed by atoms with Gasteiger partial charge in [-0.05, 0) is 19.3 Å². The number of amides is 2. The highest BCUT2D eigenvalue weighted by Gasteiger charge is 2.81. The van der Waals surface area contributed by atoms with E-state index in [1.165, 1.54) is 16.0 Å². The number of urea groups is 1. The normalized spacial score (nSPS) is 32.2. The molecule has 27 heavy (non-hydrogen) atoms. The van der Waals surface area contributed by atoms with Gasteiger partial charge in [-0.15, -0.1) is 0 Å². The number of carbonyl (C=O) groups excluding carboxylic acids is 1. The second kappa shape index (κ2) is 4.91. The molecule has 1 aromatic heterocycles. The average Bonchev–Trinajstić information content (AvgIpc) is 2.87. The van der Waals surface area contributed by atoms with Crippen molar-refractivity contribution in [1.82, 2.24) is 9.88 Å². The second-order valence-corrected chi connectivity index (χ2v) is 7.82. The number of pyridine rings is 1. The monoisotopic (exact) mass is 372 g/mol. The third-order valence-electron chi connectivity index (χ3n) is 6.34. The van der Waals surface area contributed by atoms with E-state index in [1.54, 1.807) is 6.20 Å². The summed E-state index contributed by atoms with van der Waals surface area (Å²) in [4.78, 5) is 20.2. The molecule has 8 heteroatoms. The molecular weight excluding hydrogens is 357 g/mol. The van der Waals surface area contributed by atoms with E-state index in [4.69, 9.17) is 0 Å². The van der Waals surface area contributed by atoms with Gasteiger partial charge >= 0.3 is 12.2 Å². The van der Waals surface area contributed by atoms with Gasteiger partial charge < -0.3 is 4.90 Å². The molecule has 0 radical (unpaired) electrons.